The topological polar surface area (TPSA) is 56.3 Å². The molecule has 22 heavy (non-hydrogen) atoms. The van der Waals surface area contributed by atoms with E-state index in [0.29, 0.717) is 18.9 Å². The van der Waals surface area contributed by atoms with Crippen molar-refractivity contribution in [2.45, 2.75) is 59.3 Å². The van der Waals surface area contributed by atoms with Crippen LogP contribution >= 0.6 is 0 Å². The molecule has 1 aromatic heterocycles. The Hall–Kier alpha value is -1.10. The maximum Gasteiger partial charge on any atom is 0.213 e. The smallest absolute Gasteiger partial charge is 0.213 e. The van der Waals surface area contributed by atoms with Crippen LogP contribution in [0, 0.1) is 10.8 Å². The van der Waals surface area contributed by atoms with Gasteiger partial charge in [0.25, 0.3) is 0 Å². The van der Waals surface area contributed by atoms with Gasteiger partial charge in [-0.25, -0.2) is 13.4 Å². The minimum Gasteiger partial charge on any atom is -0.477 e. The molecule has 0 amide bonds. The second kappa shape index (κ2) is 6.99. The zero-order valence-electron chi connectivity index (χ0n) is 14.6. The van der Waals surface area contributed by atoms with E-state index in [9.17, 15) is 8.42 Å². The molecule has 0 aliphatic heterocycles. The molecule has 0 aromatic carbocycles. The minimum atomic E-state index is -3.26. The molecule has 1 heterocycles. The second-order valence-electron chi connectivity index (χ2n) is 8.16. The third-order valence-electron chi connectivity index (χ3n) is 3.06. The summed E-state index contributed by atoms with van der Waals surface area (Å²) in [5.74, 6) is 0.622. The van der Waals surface area contributed by atoms with Crippen molar-refractivity contribution in [3.63, 3.8) is 0 Å². The van der Waals surface area contributed by atoms with Crippen LogP contribution in [0.3, 0.4) is 0 Å². The molecule has 0 aliphatic carbocycles. The molecule has 0 radical (unpaired) electrons. The van der Waals surface area contributed by atoms with E-state index in [4.69, 9.17) is 4.74 Å². The molecule has 0 spiro atoms. The lowest BCUT2D eigenvalue weighted by Gasteiger charge is -2.18. The van der Waals surface area contributed by atoms with Crippen LogP contribution in [-0.4, -0.2) is 25.8 Å². The first-order valence-electron chi connectivity index (χ1n) is 7.71. The lowest BCUT2D eigenvalue weighted by atomic mass is 9.91. The molecule has 0 N–H and O–H groups in total. The summed E-state index contributed by atoms with van der Waals surface area (Å²) in [4.78, 5) is 4.37. The van der Waals surface area contributed by atoms with E-state index in [0.717, 1.165) is 6.42 Å². The first-order chi connectivity index (χ1) is 9.89. The standard InChI is InChI=1S/C17H29NO3S/c1-16(2,3)10-7-11-22(19,20)14-8-9-15(18-12-14)21-13-17(4,5)6/h8-9,12H,7,10-11,13H2,1-6H3. The molecule has 0 bridgehead atoms. The summed E-state index contributed by atoms with van der Waals surface area (Å²) in [5.41, 5.74) is 0.192. The van der Waals surface area contributed by atoms with E-state index in [1.807, 2.05) is 0 Å². The van der Waals surface area contributed by atoms with E-state index in [2.05, 4.69) is 46.5 Å². The Morgan fingerprint density at radius 2 is 1.68 bits per heavy atom. The molecule has 1 aromatic rings. The summed E-state index contributed by atoms with van der Waals surface area (Å²) in [5, 5.41) is 0. The number of aromatic nitrogens is 1. The van der Waals surface area contributed by atoms with E-state index < -0.39 is 9.84 Å². The van der Waals surface area contributed by atoms with Crippen molar-refractivity contribution in [2.75, 3.05) is 12.4 Å². The van der Waals surface area contributed by atoms with Gasteiger partial charge in [-0.1, -0.05) is 41.5 Å². The van der Waals surface area contributed by atoms with E-state index >= 15 is 0 Å². The van der Waals surface area contributed by atoms with Crippen LogP contribution in [0.1, 0.15) is 54.4 Å². The van der Waals surface area contributed by atoms with E-state index in [1.165, 1.54) is 6.20 Å². The van der Waals surface area contributed by atoms with Crippen LogP contribution in [0.25, 0.3) is 0 Å². The monoisotopic (exact) mass is 327 g/mol. The van der Waals surface area contributed by atoms with Crippen molar-refractivity contribution < 1.29 is 13.2 Å². The van der Waals surface area contributed by atoms with Crippen LogP contribution in [0.15, 0.2) is 23.2 Å². The van der Waals surface area contributed by atoms with Crippen molar-refractivity contribution in [3.8, 4) is 5.88 Å². The molecule has 0 atom stereocenters. The van der Waals surface area contributed by atoms with Gasteiger partial charge >= 0.3 is 0 Å². The molecule has 126 valence electrons. The zero-order chi connectivity index (χ0) is 17.0. The lowest BCUT2D eigenvalue weighted by molar-refractivity contribution is 0.191. The van der Waals surface area contributed by atoms with E-state index in [-0.39, 0.29) is 21.5 Å². The van der Waals surface area contributed by atoms with E-state index in [1.54, 1.807) is 12.1 Å². The Bertz CT molecular complexity index is 563. The fourth-order valence-corrected chi connectivity index (χ4v) is 3.09. The molecule has 5 heteroatoms. The average Bonchev–Trinajstić information content (AvgIpc) is 2.34. The number of hydrogen-bond acceptors (Lipinski definition) is 4. The predicted molar refractivity (Wildman–Crippen MR) is 89.9 cm³/mol. The summed E-state index contributed by atoms with van der Waals surface area (Å²) in [7, 11) is -3.26. The van der Waals surface area contributed by atoms with Crippen LogP contribution < -0.4 is 4.74 Å². The summed E-state index contributed by atoms with van der Waals surface area (Å²) >= 11 is 0. The van der Waals surface area contributed by atoms with Gasteiger partial charge in [-0.3, -0.25) is 0 Å². The molecule has 0 saturated heterocycles. The van der Waals surface area contributed by atoms with Gasteiger partial charge in [0, 0.05) is 12.3 Å². The molecule has 1 rings (SSSR count). The Morgan fingerprint density at radius 1 is 1.05 bits per heavy atom. The summed E-state index contributed by atoms with van der Waals surface area (Å²) in [6.45, 7) is 13.1. The Labute approximate surface area is 135 Å². The van der Waals surface area contributed by atoms with Gasteiger partial charge in [0.1, 0.15) is 0 Å². The fraction of sp³-hybridized carbons (Fsp3) is 0.706. The molecule has 0 saturated carbocycles. The summed E-state index contributed by atoms with van der Waals surface area (Å²) < 4.78 is 30.1. The summed E-state index contributed by atoms with van der Waals surface area (Å²) in [6.07, 6.45) is 2.94. The van der Waals surface area contributed by atoms with Crippen molar-refractivity contribution in [1.29, 1.82) is 0 Å². The number of hydrogen-bond donors (Lipinski definition) is 0. The maximum absolute atomic E-state index is 12.3. The quantitative estimate of drug-likeness (QED) is 0.789. The van der Waals surface area contributed by atoms with Gasteiger partial charge in [-0.2, -0.15) is 0 Å². The van der Waals surface area contributed by atoms with Crippen molar-refractivity contribution in [2.24, 2.45) is 10.8 Å². The van der Waals surface area contributed by atoms with Crippen molar-refractivity contribution in [1.82, 2.24) is 4.98 Å². The second-order valence-corrected chi connectivity index (χ2v) is 10.3. The highest BCUT2D eigenvalue weighted by Crippen LogP contribution is 2.23. The Balaban J connectivity index is 2.65. The largest absolute Gasteiger partial charge is 0.477 e. The molecular weight excluding hydrogens is 298 g/mol. The zero-order valence-corrected chi connectivity index (χ0v) is 15.5. The number of pyridine rings is 1. The minimum absolute atomic E-state index is 0.0411. The SMILES string of the molecule is CC(C)(C)CCCS(=O)(=O)c1ccc(OCC(C)(C)C)nc1. The molecule has 4 nitrogen and oxygen atoms in total. The maximum atomic E-state index is 12.3. The van der Waals surface area contributed by atoms with Gasteiger partial charge in [-0.05, 0) is 29.7 Å². The highest BCUT2D eigenvalue weighted by molar-refractivity contribution is 7.91. The highest BCUT2D eigenvalue weighted by atomic mass is 32.2. The number of rotatable bonds is 6. The normalized spacial score (nSPS) is 13.2. The Morgan fingerprint density at radius 3 is 2.14 bits per heavy atom. The molecular formula is C17H29NO3S. The predicted octanol–water partition coefficient (Wildman–Crippen LogP) is 4.11. The first-order valence-corrected chi connectivity index (χ1v) is 9.36. The van der Waals surface area contributed by atoms with Crippen molar-refractivity contribution in [3.05, 3.63) is 18.3 Å². The van der Waals surface area contributed by atoms with Gasteiger partial charge in [0.2, 0.25) is 5.88 Å². The van der Waals surface area contributed by atoms with Gasteiger partial charge in [0.15, 0.2) is 9.84 Å². The first kappa shape index (κ1) is 18.9. The molecule has 0 fully saturated rings. The van der Waals surface area contributed by atoms with Crippen LogP contribution in [0.2, 0.25) is 0 Å². The Kier molecular flexibility index (Phi) is 6.02. The van der Waals surface area contributed by atoms with Gasteiger partial charge < -0.3 is 4.74 Å². The molecule has 0 unspecified atom stereocenters. The third kappa shape index (κ3) is 7.25. The number of ether oxygens (including phenoxy) is 1. The molecule has 0 aliphatic rings. The number of nitrogens with zero attached hydrogens (tertiary/aromatic N) is 1. The number of sulfone groups is 1. The fourth-order valence-electron chi connectivity index (χ4n) is 1.84. The lowest BCUT2D eigenvalue weighted by Crippen LogP contribution is -2.17. The average molecular weight is 327 g/mol. The van der Waals surface area contributed by atoms with Crippen LogP contribution in [0.5, 0.6) is 5.88 Å². The summed E-state index contributed by atoms with van der Waals surface area (Å²) in [6, 6.07) is 3.21. The van der Waals surface area contributed by atoms with Crippen molar-refractivity contribution >= 4 is 9.84 Å². The highest BCUT2D eigenvalue weighted by Gasteiger charge is 2.18. The third-order valence-corrected chi connectivity index (χ3v) is 4.85. The van der Waals surface area contributed by atoms with Gasteiger partial charge in [0.05, 0.1) is 17.3 Å². The van der Waals surface area contributed by atoms with Gasteiger partial charge in [-0.15, -0.1) is 0 Å². The van der Waals surface area contributed by atoms with Crippen LogP contribution in [-0.2, 0) is 9.84 Å². The van der Waals surface area contributed by atoms with Crippen LogP contribution in [0.4, 0.5) is 0 Å².